The minimum atomic E-state index is 0.513. The predicted molar refractivity (Wildman–Crippen MR) is 136 cm³/mol. The highest BCUT2D eigenvalue weighted by Gasteiger charge is 2.67. The summed E-state index contributed by atoms with van der Waals surface area (Å²) in [5.74, 6) is 4.13. The third-order valence-electron chi connectivity index (χ3n) is 12.4. The third kappa shape index (κ3) is 3.44. The van der Waals surface area contributed by atoms with Crippen molar-refractivity contribution in [1.29, 1.82) is 0 Å². The van der Waals surface area contributed by atoms with Crippen LogP contribution in [0.1, 0.15) is 119 Å². The fraction of sp³-hybridized carbons (Fsp3) is 0.871. The van der Waals surface area contributed by atoms with E-state index in [9.17, 15) is 0 Å². The van der Waals surface area contributed by atoms with E-state index in [1.165, 1.54) is 76.2 Å². The van der Waals surface area contributed by atoms with E-state index in [0.717, 1.165) is 23.7 Å². The van der Waals surface area contributed by atoms with Gasteiger partial charge in [0, 0.05) is 0 Å². The van der Waals surface area contributed by atoms with Gasteiger partial charge in [0.1, 0.15) is 0 Å². The number of rotatable bonds is 5. The molecule has 176 valence electrons. The smallest absolute Gasteiger partial charge is 0.0172 e. The van der Waals surface area contributed by atoms with Crippen LogP contribution in [-0.4, -0.2) is 0 Å². The van der Waals surface area contributed by atoms with Crippen molar-refractivity contribution in [2.24, 2.45) is 51.2 Å². The lowest BCUT2D eigenvalue weighted by Crippen LogP contribution is -2.62. The van der Waals surface area contributed by atoms with E-state index in [-0.39, 0.29) is 0 Å². The monoisotopic (exact) mass is 424 g/mol. The number of allylic oxidation sites excluding steroid dienone is 2. The molecule has 0 aromatic carbocycles. The van der Waals surface area contributed by atoms with Gasteiger partial charge in [0.05, 0.1) is 0 Å². The Morgan fingerprint density at radius 1 is 0.839 bits per heavy atom. The molecular weight excluding hydrogens is 372 g/mol. The van der Waals surface area contributed by atoms with Gasteiger partial charge in [-0.15, -0.1) is 0 Å². The van der Waals surface area contributed by atoms with Gasteiger partial charge < -0.3 is 0 Å². The van der Waals surface area contributed by atoms with Crippen LogP contribution in [-0.2, 0) is 0 Å². The summed E-state index contributed by atoms with van der Waals surface area (Å²) in [5.41, 5.74) is 5.04. The molecule has 0 N–H and O–H groups in total. The molecule has 8 atom stereocenters. The van der Waals surface area contributed by atoms with Crippen LogP contribution in [0.4, 0.5) is 0 Å². The normalized spacial score (nSPS) is 47.1. The number of hydrogen-bond donors (Lipinski definition) is 0. The molecule has 4 saturated carbocycles. The van der Waals surface area contributed by atoms with Crippen LogP contribution in [0.5, 0.6) is 0 Å². The second-order valence-corrected chi connectivity index (χ2v) is 14.1. The van der Waals surface area contributed by atoms with Crippen LogP contribution >= 0.6 is 0 Å². The molecule has 0 heterocycles. The molecule has 31 heavy (non-hydrogen) atoms. The van der Waals surface area contributed by atoms with Gasteiger partial charge in [-0.05, 0) is 122 Å². The van der Waals surface area contributed by atoms with Crippen molar-refractivity contribution in [1.82, 2.24) is 0 Å². The SMILES string of the molecule is C=C(CC[C@H](C)C(=C)C)[C@H]1CC[C@]2(C)[C@@H]1CC[C@@H]1[C@@]3(C)CCCC(C)(C)[C@@H]3CC[C@]12C. The van der Waals surface area contributed by atoms with Crippen LogP contribution in [0.25, 0.3) is 0 Å². The fourth-order valence-corrected chi connectivity index (χ4v) is 10.2. The Kier molecular flexibility index (Phi) is 5.92. The Labute approximate surface area is 194 Å². The fourth-order valence-electron chi connectivity index (χ4n) is 10.2. The summed E-state index contributed by atoms with van der Waals surface area (Å²) in [6.45, 7) is 26.8. The van der Waals surface area contributed by atoms with Gasteiger partial charge in [-0.25, -0.2) is 0 Å². The van der Waals surface area contributed by atoms with E-state index in [1.807, 2.05) is 0 Å². The average molecular weight is 425 g/mol. The third-order valence-corrected chi connectivity index (χ3v) is 12.4. The summed E-state index contributed by atoms with van der Waals surface area (Å²) >= 11 is 0. The molecule has 0 radical (unpaired) electrons. The second kappa shape index (κ2) is 7.77. The van der Waals surface area contributed by atoms with Gasteiger partial charge in [-0.3, -0.25) is 0 Å². The van der Waals surface area contributed by atoms with Gasteiger partial charge >= 0.3 is 0 Å². The largest absolute Gasteiger partial charge is 0.0999 e. The van der Waals surface area contributed by atoms with E-state index in [2.05, 4.69) is 61.6 Å². The van der Waals surface area contributed by atoms with Crippen molar-refractivity contribution in [3.05, 3.63) is 24.3 Å². The Balaban J connectivity index is 1.56. The molecular formula is C31H52. The second-order valence-electron chi connectivity index (χ2n) is 14.1. The van der Waals surface area contributed by atoms with E-state index in [1.54, 1.807) is 5.57 Å². The molecule has 0 bridgehead atoms. The molecule has 0 unspecified atom stereocenters. The first kappa shape index (κ1) is 23.6. The van der Waals surface area contributed by atoms with Crippen LogP contribution in [0.3, 0.4) is 0 Å². The van der Waals surface area contributed by atoms with Crippen molar-refractivity contribution in [2.45, 2.75) is 119 Å². The van der Waals surface area contributed by atoms with Crippen molar-refractivity contribution < 1.29 is 0 Å². The summed E-state index contributed by atoms with van der Waals surface area (Å²) in [6, 6.07) is 0. The maximum absolute atomic E-state index is 4.69. The quantitative estimate of drug-likeness (QED) is 0.385. The molecule has 0 spiro atoms. The Morgan fingerprint density at radius 2 is 1.52 bits per heavy atom. The minimum Gasteiger partial charge on any atom is -0.0999 e. The average Bonchev–Trinajstić information content (AvgIpc) is 3.03. The zero-order valence-electron chi connectivity index (χ0n) is 22.1. The maximum atomic E-state index is 4.69. The molecule has 0 saturated heterocycles. The molecule has 0 aliphatic heterocycles. The van der Waals surface area contributed by atoms with Crippen LogP contribution in [0.2, 0.25) is 0 Å². The maximum Gasteiger partial charge on any atom is -0.0172 e. The molecule has 0 heteroatoms. The van der Waals surface area contributed by atoms with Gasteiger partial charge in [-0.2, -0.15) is 0 Å². The summed E-state index contributed by atoms with van der Waals surface area (Å²) in [7, 11) is 0. The van der Waals surface area contributed by atoms with E-state index >= 15 is 0 Å². The molecule has 4 fully saturated rings. The lowest BCUT2D eigenvalue weighted by molar-refractivity contribution is -0.201. The molecule has 0 nitrogen and oxygen atoms in total. The van der Waals surface area contributed by atoms with Crippen LogP contribution in [0, 0.1) is 51.2 Å². The van der Waals surface area contributed by atoms with Gasteiger partial charge in [0.25, 0.3) is 0 Å². The summed E-state index contributed by atoms with van der Waals surface area (Å²) in [4.78, 5) is 0. The highest BCUT2D eigenvalue weighted by Crippen LogP contribution is 2.75. The van der Waals surface area contributed by atoms with E-state index < -0.39 is 0 Å². The lowest BCUT2D eigenvalue weighted by atomic mass is 9.36. The number of fused-ring (bicyclic) bond motifs is 5. The summed E-state index contributed by atoms with van der Waals surface area (Å²) < 4.78 is 0. The predicted octanol–water partition coefficient (Wildman–Crippen LogP) is 9.61. The van der Waals surface area contributed by atoms with Crippen molar-refractivity contribution in [3.63, 3.8) is 0 Å². The van der Waals surface area contributed by atoms with E-state index in [4.69, 9.17) is 0 Å². The zero-order valence-corrected chi connectivity index (χ0v) is 22.1. The molecule has 4 rings (SSSR count). The molecule has 0 amide bonds. The lowest BCUT2D eigenvalue weighted by Gasteiger charge is -2.69. The van der Waals surface area contributed by atoms with Crippen LogP contribution < -0.4 is 0 Å². The molecule has 4 aliphatic rings. The Morgan fingerprint density at radius 3 is 2.19 bits per heavy atom. The highest BCUT2D eigenvalue weighted by atomic mass is 14.7. The zero-order chi connectivity index (χ0) is 22.8. The summed E-state index contributed by atoms with van der Waals surface area (Å²) in [5, 5.41) is 0. The molecule has 0 aromatic rings. The Bertz CT molecular complexity index is 726. The standard InChI is InChI=1S/C31H52/c1-21(2)22(3)11-12-23(4)24-15-19-30(8)25(24)13-14-27-29(7)18-10-17-28(5,6)26(29)16-20-31(27,30)9/h22,24-27H,1,4,10-20H2,2-3,5-9H3/t22-,24+,25+,26-,27+,29-,30+,31+/m0/s1. The summed E-state index contributed by atoms with van der Waals surface area (Å²) in [6.07, 6.45) is 15.5. The topological polar surface area (TPSA) is 0 Å². The minimum absolute atomic E-state index is 0.513. The number of hydrogen-bond acceptors (Lipinski definition) is 0. The first-order chi connectivity index (χ1) is 14.4. The van der Waals surface area contributed by atoms with Gasteiger partial charge in [0.15, 0.2) is 0 Å². The van der Waals surface area contributed by atoms with Crippen LogP contribution in [0.15, 0.2) is 24.3 Å². The first-order valence-corrected chi connectivity index (χ1v) is 13.7. The molecule has 4 aliphatic carbocycles. The highest BCUT2D eigenvalue weighted by molar-refractivity contribution is 5.20. The van der Waals surface area contributed by atoms with Gasteiger partial charge in [0.2, 0.25) is 0 Å². The van der Waals surface area contributed by atoms with Gasteiger partial charge in [-0.1, -0.05) is 72.3 Å². The molecule has 0 aromatic heterocycles. The first-order valence-electron chi connectivity index (χ1n) is 13.7. The van der Waals surface area contributed by atoms with Crippen molar-refractivity contribution >= 4 is 0 Å². The van der Waals surface area contributed by atoms with E-state index in [0.29, 0.717) is 27.6 Å². The van der Waals surface area contributed by atoms with Crippen molar-refractivity contribution in [3.8, 4) is 0 Å². The van der Waals surface area contributed by atoms with Crippen molar-refractivity contribution in [2.75, 3.05) is 0 Å². The Hall–Kier alpha value is -0.520.